The average Bonchev–Trinajstić information content (AvgIpc) is 2.95. The number of hydrogen-bond acceptors (Lipinski definition) is 3. The monoisotopic (exact) mass is 257 g/mol. The molecule has 0 amide bonds. The summed E-state index contributed by atoms with van der Waals surface area (Å²) in [6.45, 7) is 5.02. The van der Waals surface area contributed by atoms with Gasteiger partial charge < -0.3 is 13.7 Å². The number of nitrogens with zero attached hydrogens (tertiary/aromatic N) is 1. The number of para-hydroxylation sites is 1. The van der Waals surface area contributed by atoms with Gasteiger partial charge in [-0.15, -0.1) is 0 Å². The van der Waals surface area contributed by atoms with Crippen LogP contribution in [-0.2, 0) is 11.3 Å². The first kappa shape index (κ1) is 11.8. The van der Waals surface area contributed by atoms with Crippen LogP contribution >= 0.6 is 0 Å². The van der Waals surface area contributed by atoms with E-state index >= 15 is 0 Å². The zero-order valence-electron chi connectivity index (χ0n) is 11.0. The van der Waals surface area contributed by atoms with Crippen molar-refractivity contribution in [2.24, 2.45) is 0 Å². The summed E-state index contributed by atoms with van der Waals surface area (Å²) in [5, 5.41) is 1.02. The molecule has 0 spiro atoms. The van der Waals surface area contributed by atoms with Gasteiger partial charge in [-0.05, 0) is 26.0 Å². The Hall–Kier alpha value is -2.23. The van der Waals surface area contributed by atoms with Gasteiger partial charge in [0.15, 0.2) is 5.58 Å². The summed E-state index contributed by atoms with van der Waals surface area (Å²) in [4.78, 5) is 11.7. The molecular formula is C15H15NO3. The summed E-state index contributed by atoms with van der Waals surface area (Å²) in [5.74, 6) is -0.148. The second-order valence-corrected chi connectivity index (χ2v) is 4.31. The Morgan fingerprint density at radius 2 is 2.05 bits per heavy atom. The zero-order chi connectivity index (χ0) is 13.4. The molecule has 0 saturated heterocycles. The summed E-state index contributed by atoms with van der Waals surface area (Å²) in [7, 11) is 0. The van der Waals surface area contributed by atoms with E-state index in [2.05, 4.69) is 17.6 Å². The summed E-state index contributed by atoms with van der Waals surface area (Å²) < 4.78 is 12.8. The number of esters is 1. The van der Waals surface area contributed by atoms with Gasteiger partial charge in [-0.1, -0.05) is 12.1 Å². The molecule has 4 heteroatoms. The van der Waals surface area contributed by atoms with Crippen molar-refractivity contribution in [3.8, 4) is 0 Å². The Balaban J connectivity index is 2.26. The van der Waals surface area contributed by atoms with Gasteiger partial charge in [-0.2, -0.15) is 0 Å². The van der Waals surface area contributed by atoms with Gasteiger partial charge in [0.25, 0.3) is 0 Å². The number of aryl methyl sites for hydroxylation is 1. The van der Waals surface area contributed by atoms with Gasteiger partial charge in [0.05, 0.1) is 17.6 Å². The van der Waals surface area contributed by atoms with Gasteiger partial charge in [0.2, 0.25) is 5.76 Å². The number of aromatic nitrogens is 1. The molecule has 3 rings (SSSR count). The van der Waals surface area contributed by atoms with Crippen molar-refractivity contribution in [3.63, 3.8) is 0 Å². The van der Waals surface area contributed by atoms with Crippen LogP contribution in [0, 0.1) is 0 Å². The second kappa shape index (κ2) is 4.46. The lowest BCUT2D eigenvalue weighted by Gasteiger charge is -2.01. The molecule has 0 atom stereocenters. The molecule has 2 aromatic heterocycles. The lowest BCUT2D eigenvalue weighted by molar-refractivity contribution is 0.0493. The molecule has 0 saturated carbocycles. The first-order valence-electron chi connectivity index (χ1n) is 6.44. The van der Waals surface area contributed by atoms with Crippen LogP contribution in [0.25, 0.3) is 22.0 Å². The first-order chi connectivity index (χ1) is 9.26. The molecule has 0 aliphatic heterocycles. The Kier molecular flexibility index (Phi) is 2.78. The maximum atomic E-state index is 11.7. The topological polar surface area (TPSA) is 44.4 Å². The van der Waals surface area contributed by atoms with E-state index in [1.807, 2.05) is 18.2 Å². The lowest BCUT2D eigenvalue weighted by Crippen LogP contribution is -2.02. The van der Waals surface area contributed by atoms with Crippen LogP contribution in [0.5, 0.6) is 0 Å². The number of rotatable bonds is 3. The fourth-order valence-electron chi connectivity index (χ4n) is 2.45. The van der Waals surface area contributed by atoms with Crippen molar-refractivity contribution in [2.45, 2.75) is 20.4 Å². The fraction of sp³-hybridized carbons (Fsp3) is 0.267. The Bertz CT molecular complexity index is 751. The SMILES string of the molecule is CCOC(=O)c1cc2c(o1)c1ccccc1n2CC. The van der Waals surface area contributed by atoms with E-state index in [-0.39, 0.29) is 5.76 Å². The van der Waals surface area contributed by atoms with Crippen molar-refractivity contribution >= 4 is 28.0 Å². The van der Waals surface area contributed by atoms with Crippen molar-refractivity contribution in [2.75, 3.05) is 6.61 Å². The second-order valence-electron chi connectivity index (χ2n) is 4.31. The minimum absolute atomic E-state index is 0.264. The predicted molar refractivity (Wildman–Crippen MR) is 73.3 cm³/mol. The highest BCUT2D eigenvalue weighted by atomic mass is 16.5. The van der Waals surface area contributed by atoms with Crippen LogP contribution in [0.1, 0.15) is 24.4 Å². The third-order valence-corrected chi connectivity index (χ3v) is 3.24. The van der Waals surface area contributed by atoms with Gasteiger partial charge in [-0.3, -0.25) is 0 Å². The van der Waals surface area contributed by atoms with Crippen LogP contribution in [0.2, 0.25) is 0 Å². The molecule has 0 fully saturated rings. The Morgan fingerprint density at radius 1 is 1.26 bits per heavy atom. The van der Waals surface area contributed by atoms with Crippen molar-refractivity contribution in [1.29, 1.82) is 0 Å². The van der Waals surface area contributed by atoms with E-state index in [0.29, 0.717) is 6.61 Å². The average molecular weight is 257 g/mol. The maximum Gasteiger partial charge on any atom is 0.374 e. The molecule has 0 unspecified atom stereocenters. The highest BCUT2D eigenvalue weighted by molar-refractivity contribution is 6.07. The minimum Gasteiger partial charge on any atom is -0.460 e. The summed E-state index contributed by atoms with van der Waals surface area (Å²) in [6, 6.07) is 9.78. The first-order valence-corrected chi connectivity index (χ1v) is 6.44. The molecule has 0 radical (unpaired) electrons. The van der Waals surface area contributed by atoms with Crippen molar-refractivity contribution < 1.29 is 13.9 Å². The maximum absolute atomic E-state index is 11.7. The van der Waals surface area contributed by atoms with E-state index in [1.165, 1.54) is 0 Å². The molecule has 0 aliphatic rings. The van der Waals surface area contributed by atoms with Gasteiger partial charge >= 0.3 is 5.97 Å². The van der Waals surface area contributed by atoms with E-state index in [0.717, 1.165) is 28.5 Å². The standard InChI is InChI=1S/C15H15NO3/c1-3-16-11-8-6-5-7-10(11)14-12(16)9-13(19-14)15(17)18-4-2/h5-9H,3-4H2,1-2H3. The zero-order valence-corrected chi connectivity index (χ0v) is 11.0. The minimum atomic E-state index is -0.412. The quantitative estimate of drug-likeness (QED) is 0.673. The predicted octanol–water partition coefficient (Wildman–Crippen LogP) is 3.58. The van der Waals surface area contributed by atoms with Crippen molar-refractivity contribution in [1.82, 2.24) is 4.57 Å². The number of hydrogen-bond donors (Lipinski definition) is 0. The lowest BCUT2D eigenvalue weighted by atomic mass is 10.2. The van der Waals surface area contributed by atoms with Crippen molar-refractivity contribution in [3.05, 3.63) is 36.1 Å². The highest BCUT2D eigenvalue weighted by Gasteiger charge is 2.19. The largest absolute Gasteiger partial charge is 0.460 e. The van der Waals surface area contributed by atoms with E-state index < -0.39 is 5.97 Å². The van der Waals surface area contributed by atoms with Crippen LogP contribution < -0.4 is 0 Å². The number of fused-ring (bicyclic) bond motifs is 3. The summed E-state index contributed by atoms with van der Waals surface area (Å²) >= 11 is 0. The molecule has 3 aromatic rings. The summed E-state index contributed by atoms with van der Waals surface area (Å²) in [6.07, 6.45) is 0. The van der Waals surface area contributed by atoms with Gasteiger partial charge in [0.1, 0.15) is 0 Å². The normalized spacial score (nSPS) is 11.3. The Labute approximate surface area is 110 Å². The number of furan rings is 1. The van der Waals surface area contributed by atoms with Gasteiger partial charge in [0, 0.05) is 18.0 Å². The van der Waals surface area contributed by atoms with E-state index in [9.17, 15) is 4.79 Å². The molecule has 2 heterocycles. The number of carbonyl (C=O) groups excluding carboxylic acids is 1. The fourth-order valence-corrected chi connectivity index (χ4v) is 2.45. The number of ether oxygens (including phenoxy) is 1. The summed E-state index contributed by atoms with van der Waals surface area (Å²) in [5.41, 5.74) is 2.81. The Morgan fingerprint density at radius 3 is 2.79 bits per heavy atom. The molecule has 0 aliphatic carbocycles. The smallest absolute Gasteiger partial charge is 0.374 e. The molecule has 0 bridgehead atoms. The molecule has 1 aromatic carbocycles. The third kappa shape index (κ3) is 1.71. The number of carbonyl (C=O) groups is 1. The van der Waals surface area contributed by atoms with E-state index in [1.54, 1.807) is 13.0 Å². The molecule has 0 N–H and O–H groups in total. The number of benzene rings is 1. The molecule has 19 heavy (non-hydrogen) atoms. The molecular weight excluding hydrogens is 242 g/mol. The molecule has 98 valence electrons. The van der Waals surface area contributed by atoms with E-state index in [4.69, 9.17) is 9.15 Å². The van der Waals surface area contributed by atoms with Gasteiger partial charge in [-0.25, -0.2) is 4.79 Å². The van der Waals surface area contributed by atoms with Crippen LogP contribution in [0.3, 0.4) is 0 Å². The van der Waals surface area contributed by atoms with Crippen LogP contribution in [-0.4, -0.2) is 17.1 Å². The van der Waals surface area contributed by atoms with Crippen LogP contribution in [0.15, 0.2) is 34.7 Å². The highest BCUT2D eigenvalue weighted by Crippen LogP contribution is 2.31. The molecule has 4 nitrogen and oxygen atoms in total. The third-order valence-electron chi connectivity index (χ3n) is 3.24. The van der Waals surface area contributed by atoms with Crippen LogP contribution in [0.4, 0.5) is 0 Å².